The highest BCUT2D eigenvalue weighted by molar-refractivity contribution is 6.31. The van der Waals surface area contributed by atoms with E-state index in [4.69, 9.17) is 16.7 Å². The maximum absolute atomic E-state index is 12.4. The van der Waals surface area contributed by atoms with Gasteiger partial charge in [0.15, 0.2) is 0 Å². The molecule has 1 amide bonds. The van der Waals surface area contributed by atoms with Crippen LogP contribution in [-0.2, 0) is 16.1 Å². The zero-order valence-corrected chi connectivity index (χ0v) is 15.5. The number of carbonyl (C=O) groups excluding carboxylic acids is 1. The minimum Gasteiger partial charge on any atom is -0.480 e. The molecule has 7 heteroatoms. The summed E-state index contributed by atoms with van der Waals surface area (Å²) < 4.78 is 0. The van der Waals surface area contributed by atoms with Crippen molar-refractivity contribution in [3.8, 4) is 0 Å². The van der Waals surface area contributed by atoms with Crippen molar-refractivity contribution in [2.75, 3.05) is 26.7 Å². The fourth-order valence-corrected chi connectivity index (χ4v) is 3.40. The lowest BCUT2D eigenvalue weighted by Gasteiger charge is -2.38. The number of hydrogen-bond donors (Lipinski definition) is 2. The summed E-state index contributed by atoms with van der Waals surface area (Å²) in [4.78, 5) is 27.2. The molecule has 1 aromatic rings. The largest absolute Gasteiger partial charge is 0.480 e. The molecule has 25 heavy (non-hydrogen) atoms. The highest BCUT2D eigenvalue weighted by atomic mass is 35.5. The van der Waals surface area contributed by atoms with E-state index in [9.17, 15) is 9.59 Å². The topological polar surface area (TPSA) is 72.9 Å². The number of hydrogen-bond acceptors (Lipinski definition) is 4. The van der Waals surface area contributed by atoms with E-state index in [2.05, 4.69) is 10.2 Å². The van der Waals surface area contributed by atoms with E-state index >= 15 is 0 Å². The van der Waals surface area contributed by atoms with Crippen LogP contribution in [0.25, 0.3) is 0 Å². The molecule has 0 bridgehead atoms. The van der Waals surface area contributed by atoms with Crippen LogP contribution in [0.4, 0.5) is 0 Å². The monoisotopic (exact) mass is 367 g/mol. The first-order valence-corrected chi connectivity index (χ1v) is 8.93. The minimum atomic E-state index is -0.808. The lowest BCUT2D eigenvalue weighted by molar-refractivity contribution is -0.138. The fourth-order valence-electron chi connectivity index (χ4n) is 3.19. The molecule has 1 aliphatic heterocycles. The second-order valence-electron chi connectivity index (χ2n) is 6.56. The van der Waals surface area contributed by atoms with Crippen molar-refractivity contribution in [2.24, 2.45) is 0 Å². The maximum atomic E-state index is 12.4. The molecule has 0 spiro atoms. The zero-order valence-electron chi connectivity index (χ0n) is 14.7. The van der Waals surface area contributed by atoms with Crippen LogP contribution in [-0.4, -0.2) is 65.5 Å². The molecule has 6 nitrogen and oxygen atoms in total. The van der Waals surface area contributed by atoms with E-state index in [0.717, 1.165) is 31.5 Å². The Hall–Kier alpha value is -1.63. The minimum absolute atomic E-state index is 0.0164. The molecule has 1 aromatic carbocycles. The van der Waals surface area contributed by atoms with Gasteiger partial charge in [-0.05, 0) is 38.4 Å². The molecule has 2 N–H and O–H groups in total. The van der Waals surface area contributed by atoms with Crippen LogP contribution in [0, 0.1) is 0 Å². The van der Waals surface area contributed by atoms with E-state index in [0.29, 0.717) is 11.6 Å². The summed E-state index contributed by atoms with van der Waals surface area (Å²) >= 11 is 6.11. The Morgan fingerprint density at radius 3 is 2.60 bits per heavy atom. The van der Waals surface area contributed by atoms with Gasteiger partial charge in [0, 0.05) is 30.7 Å². The molecule has 1 saturated heterocycles. The van der Waals surface area contributed by atoms with Gasteiger partial charge in [0.05, 0.1) is 12.6 Å². The van der Waals surface area contributed by atoms with Gasteiger partial charge < -0.3 is 10.4 Å². The maximum Gasteiger partial charge on any atom is 0.317 e. The summed E-state index contributed by atoms with van der Waals surface area (Å²) in [7, 11) is 1.84. The molecular formula is C18H26ClN3O3. The van der Waals surface area contributed by atoms with Crippen LogP contribution in [0.15, 0.2) is 24.3 Å². The van der Waals surface area contributed by atoms with Crippen molar-refractivity contribution in [1.29, 1.82) is 0 Å². The molecule has 1 aliphatic rings. The third-order valence-corrected chi connectivity index (χ3v) is 5.21. The van der Waals surface area contributed by atoms with Gasteiger partial charge in [-0.3, -0.25) is 19.4 Å². The van der Waals surface area contributed by atoms with E-state index < -0.39 is 5.97 Å². The second-order valence-corrected chi connectivity index (χ2v) is 6.97. The second kappa shape index (κ2) is 9.17. The number of nitrogens with one attached hydrogen (secondary N) is 1. The molecule has 1 atom stereocenters. The van der Waals surface area contributed by atoms with Gasteiger partial charge in [-0.2, -0.15) is 0 Å². The number of amides is 1. The van der Waals surface area contributed by atoms with Gasteiger partial charge >= 0.3 is 5.97 Å². The van der Waals surface area contributed by atoms with E-state index in [1.807, 2.05) is 43.1 Å². The van der Waals surface area contributed by atoms with Crippen molar-refractivity contribution >= 4 is 23.5 Å². The van der Waals surface area contributed by atoms with Crippen molar-refractivity contribution in [3.63, 3.8) is 0 Å². The number of carboxylic acids is 1. The molecule has 0 aromatic heterocycles. The summed E-state index contributed by atoms with van der Waals surface area (Å²) in [6, 6.07) is 7.51. The Morgan fingerprint density at radius 2 is 2.00 bits per heavy atom. The first-order chi connectivity index (χ1) is 11.9. The Labute approximate surface area is 153 Å². The van der Waals surface area contributed by atoms with Gasteiger partial charge in [-0.25, -0.2) is 0 Å². The first-order valence-electron chi connectivity index (χ1n) is 8.55. The Morgan fingerprint density at radius 1 is 1.36 bits per heavy atom. The number of piperidine rings is 1. The number of likely N-dealkylation sites (tertiary alicyclic amines) is 1. The number of carboxylic acid groups (broad SMARTS) is 1. The zero-order chi connectivity index (χ0) is 18.4. The predicted octanol–water partition coefficient (Wildman–Crippen LogP) is 1.83. The van der Waals surface area contributed by atoms with E-state index in [1.165, 1.54) is 0 Å². The number of benzene rings is 1. The summed E-state index contributed by atoms with van der Waals surface area (Å²) in [6.45, 7) is 3.95. The van der Waals surface area contributed by atoms with Gasteiger partial charge in [0.25, 0.3) is 0 Å². The van der Waals surface area contributed by atoms with E-state index in [1.54, 1.807) is 0 Å². The lowest BCUT2D eigenvalue weighted by Crippen LogP contribution is -2.51. The first kappa shape index (κ1) is 19.7. The third-order valence-electron chi connectivity index (χ3n) is 4.85. The van der Waals surface area contributed by atoms with Crippen LogP contribution in [0.2, 0.25) is 5.02 Å². The molecule has 1 heterocycles. The van der Waals surface area contributed by atoms with Crippen LogP contribution in [0.5, 0.6) is 0 Å². The molecule has 0 saturated carbocycles. The summed E-state index contributed by atoms with van der Waals surface area (Å²) in [5, 5.41) is 12.5. The van der Waals surface area contributed by atoms with Gasteiger partial charge in [0.1, 0.15) is 0 Å². The van der Waals surface area contributed by atoms with Crippen molar-refractivity contribution in [3.05, 3.63) is 34.9 Å². The molecule has 138 valence electrons. The highest BCUT2D eigenvalue weighted by Crippen LogP contribution is 2.18. The van der Waals surface area contributed by atoms with E-state index in [-0.39, 0.29) is 24.5 Å². The number of halogens is 1. The summed E-state index contributed by atoms with van der Waals surface area (Å²) in [5.41, 5.74) is 0.902. The number of aliphatic carboxylic acids is 1. The van der Waals surface area contributed by atoms with Crippen molar-refractivity contribution in [1.82, 2.24) is 15.1 Å². The Kier molecular flexibility index (Phi) is 7.23. The van der Waals surface area contributed by atoms with Crippen molar-refractivity contribution in [2.45, 2.75) is 38.4 Å². The Balaban J connectivity index is 1.79. The Bertz CT molecular complexity index is 603. The third kappa shape index (κ3) is 5.70. The SMILES string of the molecule is CC(C(=O)NCc1ccccc1Cl)N1CCC(N(C)CC(=O)O)CC1. The van der Waals surface area contributed by atoms with Gasteiger partial charge in [0.2, 0.25) is 5.91 Å². The normalized spacial score (nSPS) is 17.4. The van der Waals surface area contributed by atoms with Crippen LogP contribution in [0.1, 0.15) is 25.3 Å². The predicted molar refractivity (Wildman–Crippen MR) is 97.6 cm³/mol. The molecule has 1 unspecified atom stereocenters. The number of likely N-dealkylation sites (N-methyl/N-ethyl adjacent to an activating group) is 1. The van der Waals surface area contributed by atoms with Crippen LogP contribution < -0.4 is 5.32 Å². The molecule has 2 rings (SSSR count). The van der Waals surface area contributed by atoms with Crippen LogP contribution in [0.3, 0.4) is 0 Å². The molecule has 1 fully saturated rings. The number of rotatable bonds is 7. The fraction of sp³-hybridized carbons (Fsp3) is 0.556. The molecule has 0 aliphatic carbocycles. The average molecular weight is 368 g/mol. The molecular weight excluding hydrogens is 342 g/mol. The summed E-state index contributed by atoms with van der Waals surface area (Å²) in [5.74, 6) is -0.825. The van der Waals surface area contributed by atoms with Crippen LogP contribution >= 0.6 is 11.6 Å². The highest BCUT2D eigenvalue weighted by Gasteiger charge is 2.28. The summed E-state index contributed by atoms with van der Waals surface area (Å²) in [6.07, 6.45) is 1.73. The number of carbonyl (C=O) groups is 2. The van der Waals surface area contributed by atoms with Gasteiger partial charge in [-0.1, -0.05) is 29.8 Å². The lowest BCUT2D eigenvalue weighted by atomic mass is 10.0. The quantitative estimate of drug-likeness (QED) is 0.769. The average Bonchev–Trinajstić information content (AvgIpc) is 2.59. The molecule has 0 radical (unpaired) electrons. The van der Waals surface area contributed by atoms with Crippen molar-refractivity contribution < 1.29 is 14.7 Å². The van der Waals surface area contributed by atoms with Gasteiger partial charge in [-0.15, -0.1) is 0 Å². The standard InChI is InChI=1S/C18H26ClN3O3/c1-13(18(25)20-11-14-5-3-4-6-16(14)19)22-9-7-15(8-10-22)21(2)12-17(23)24/h3-6,13,15H,7-12H2,1-2H3,(H,20,25)(H,23,24). The smallest absolute Gasteiger partial charge is 0.317 e. The number of nitrogens with zero attached hydrogens (tertiary/aromatic N) is 2.